The van der Waals surface area contributed by atoms with Crippen molar-refractivity contribution in [3.63, 3.8) is 0 Å². The molecule has 1 aromatic carbocycles. The zero-order valence-corrected chi connectivity index (χ0v) is 13.1. The van der Waals surface area contributed by atoms with E-state index in [0.717, 1.165) is 37.0 Å². The third-order valence-corrected chi connectivity index (χ3v) is 4.52. The molecule has 0 amide bonds. The van der Waals surface area contributed by atoms with Crippen LogP contribution in [0.25, 0.3) is 0 Å². The molecule has 0 radical (unpaired) electrons. The van der Waals surface area contributed by atoms with Gasteiger partial charge in [-0.05, 0) is 30.0 Å². The quantitative estimate of drug-likeness (QED) is 0.783. The molecule has 0 bridgehead atoms. The standard InChI is InChI=1S/C18H24O4/c1-22-15-9-7-14(8-10-15)12-17(19)16(18(20)21)11-13-5-3-2-4-6-13/h7-10,13,16H,2-6,11-12H2,1H3,(H,20,21). The van der Waals surface area contributed by atoms with Gasteiger partial charge >= 0.3 is 5.97 Å². The zero-order valence-electron chi connectivity index (χ0n) is 13.1. The lowest BCUT2D eigenvalue weighted by Crippen LogP contribution is -2.28. The van der Waals surface area contributed by atoms with E-state index in [2.05, 4.69) is 0 Å². The molecule has 0 heterocycles. The van der Waals surface area contributed by atoms with Gasteiger partial charge in [-0.2, -0.15) is 0 Å². The van der Waals surface area contributed by atoms with Gasteiger partial charge in [0, 0.05) is 6.42 Å². The lowest BCUT2D eigenvalue weighted by atomic mass is 9.81. The monoisotopic (exact) mass is 304 g/mol. The van der Waals surface area contributed by atoms with E-state index in [4.69, 9.17) is 4.74 Å². The molecule has 1 aliphatic rings. The first-order valence-electron chi connectivity index (χ1n) is 7.98. The topological polar surface area (TPSA) is 63.6 Å². The van der Waals surface area contributed by atoms with Crippen LogP contribution in [-0.2, 0) is 16.0 Å². The van der Waals surface area contributed by atoms with E-state index in [0.29, 0.717) is 12.3 Å². The van der Waals surface area contributed by atoms with Gasteiger partial charge in [-0.15, -0.1) is 0 Å². The maximum Gasteiger partial charge on any atom is 0.314 e. The summed E-state index contributed by atoms with van der Waals surface area (Å²) in [5.41, 5.74) is 0.834. The second-order valence-corrected chi connectivity index (χ2v) is 6.12. The molecule has 4 heteroatoms. The summed E-state index contributed by atoms with van der Waals surface area (Å²) in [4.78, 5) is 23.8. The molecule has 1 aliphatic carbocycles. The Hall–Kier alpha value is -1.84. The van der Waals surface area contributed by atoms with Gasteiger partial charge in [0.25, 0.3) is 0 Å². The Kier molecular flexibility index (Phi) is 5.99. The summed E-state index contributed by atoms with van der Waals surface area (Å²) in [5.74, 6) is -0.930. The first kappa shape index (κ1) is 16.5. The maximum atomic E-state index is 12.4. The van der Waals surface area contributed by atoms with Gasteiger partial charge in [0.15, 0.2) is 5.78 Å². The summed E-state index contributed by atoms with van der Waals surface area (Å²) >= 11 is 0. The lowest BCUT2D eigenvalue weighted by molar-refractivity contribution is -0.147. The van der Waals surface area contributed by atoms with Crippen LogP contribution in [0.4, 0.5) is 0 Å². The minimum atomic E-state index is -0.982. The van der Waals surface area contributed by atoms with Gasteiger partial charge in [-0.1, -0.05) is 44.2 Å². The lowest BCUT2D eigenvalue weighted by Gasteiger charge is -2.24. The highest BCUT2D eigenvalue weighted by atomic mass is 16.5. The van der Waals surface area contributed by atoms with Crippen molar-refractivity contribution in [1.29, 1.82) is 0 Å². The van der Waals surface area contributed by atoms with Crippen LogP contribution in [0.5, 0.6) is 5.75 Å². The number of ether oxygens (including phenoxy) is 1. The fourth-order valence-electron chi connectivity index (χ4n) is 3.19. The predicted octanol–water partition coefficient (Wildman–Crippen LogP) is 3.48. The van der Waals surface area contributed by atoms with Crippen molar-refractivity contribution in [1.82, 2.24) is 0 Å². The number of hydrogen-bond donors (Lipinski definition) is 1. The summed E-state index contributed by atoms with van der Waals surface area (Å²) in [6.07, 6.45) is 6.32. The number of aliphatic carboxylic acids is 1. The van der Waals surface area contributed by atoms with Gasteiger partial charge in [0.05, 0.1) is 7.11 Å². The highest BCUT2D eigenvalue weighted by Crippen LogP contribution is 2.30. The number of carbonyl (C=O) groups is 2. The minimum Gasteiger partial charge on any atom is -0.497 e. The molecule has 22 heavy (non-hydrogen) atoms. The van der Waals surface area contributed by atoms with Crippen molar-refractivity contribution in [2.75, 3.05) is 7.11 Å². The van der Waals surface area contributed by atoms with E-state index < -0.39 is 11.9 Å². The molecule has 0 saturated heterocycles. The van der Waals surface area contributed by atoms with E-state index in [1.807, 2.05) is 12.1 Å². The Bertz CT molecular complexity index is 500. The summed E-state index contributed by atoms with van der Waals surface area (Å²) in [6, 6.07) is 7.21. The van der Waals surface area contributed by atoms with E-state index in [1.165, 1.54) is 6.42 Å². The minimum absolute atomic E-state index is 0.174. The summed E-state index contributed by atoms with van der Waals surface area (Å²) in [5, 5.41) is 9.39. The number of ketones is 1. The van der Waals surface area contributed by atoms with Gasteiger partial charge in [-0.3, -0.25) is 9.59 Å². The molecule has 0 aliphatic heterocycles. The van der Waals surface area contributed by atoms with Crippen LogP contribution in [0.2, 0.25) is 0 Å². The molecule has 1 aromatic rings. The average molecular weight is 304 g/mol. The van der Waals surface area contributed by atoms with E-state index in [-0.39, 0.29) is 12.2 Å². The van der Waals surface area contributed by atoms with Gasteiger partial charge in [-0.25, -0.2) is 0 Å². The average Bonchev–Trinajstić information content (AvgIpc) is 2.54. The number of Topliss-reactive ketones (excluding diaryl/α,β-unsaturated/α-hetero) is 1. The number of carboxylic acids is 1. The van der Waals surface area contributed by atoms with Crippen LogP contribution in [0, 0.1) is 11.8 Å². The van der Waals surface area contributed by atoms with Crippen molar-refractivity contribution in [2.45, 2.75) is 44.9 Å². The Morgan fingerprint density at radius 2 is 1.82 bits per heavy atom. The fourth-order valence-corrected chi connectivity index (χ4v) is 3.19. The molecule has 2 rings (SSSR count). The number of carbonyl (C=O) groups excluding carboxylic acids is 1. The molecule has 1 unspecified atom stereocenters. The van der Waals surface area contributed by atoms with Crippen LogP contribution in [0.1, 0.15) is 44.1 Å². The van der Waals surface area contributed by atoms with Crippen LogP contribution in [0.15, 0.2) is 24.3 Å². The summed E-state index contributed by atoms with van der Waals surface area (Å²) in [6.45, 7) is 0. The number of carboxylic acid groups (broad SMARTS) is 1. The van der Waals surface area contributed by atoms with E-state index in [9.17, 15) is 14.7 Å². The van der Waals surface area contributed by atoms with Crippen LogP contribution in [-0.4, -0.2) is 24.0 Å². The third-order valence-electron chi connectivity index (χ3n) is 4.52. The maximum absolute atomic E-state index is 12.4. The molecule has 1 fully saturated rings. The molecule has 1 atom stereocenters. The smallest absolute Gasteiger partial charge is 0.314 e. The second-order valence-electron chi connectivity index (χ2n) is 6.12. The van der Waals surface area contributed by atoms with Crippen molar-refractivity contribution < 1.29 is 19.4 Å². The SMILES string of the molecule is COc1ccc(CC(=O)C(CC2CCCCC2)C(=O)O)cc1. The number of benzene rings is 1. The Morgan fingerprint density at radius 1 is 1.18 bits per heavy atom. The Morgan fingerprint density at radius 3 is 2.36 bits per heavy atom. The summed E-state index contributed by atoms with van der Waals surface area (Å²) < 4.78 is 5.08. The van der Waals surface area contributed by atoms with Crippen LogP contribution < -0.4 is 4.74 Å². The molecular formula is C18H24O4. The van der Waals surface area contributed by atoms with E-state index in [1.54, 1.807) is 19.2 Å². The van der Waals surface area contributed by atoms with Crippen molar-refractivity contribution >= 4 is 11.8 Å². The fraction of sp³-hybridized carbons (Fsp3) is 0.556. The molecular weight excluding hydrogens is 280 g/mol. The van der Waals surface area contributed by atoms with Gasteiger partial charge in [0.1, 0.15) is 11.7 Å². The molecule has 0 spiro atoms. The van der Waals surface area contributed by atoms with Crippen molar-refractivity contribution in [3.8, 4) is 5.75 Å². The Labute approximate surface area is 131 Å². The third kappa shape index (κ3) is 4.58. The van der Waals surface area contributed by atoms with Crippen LogP contribution in [0.3, 0.4) is 0 Å². The molecule has 1 saturated carbocycles. The normalized spacial score (nSPS) is 17.0. The zero-order chi connectivity index (χ0) is 15.9. The van der Waals surface area contributed by atoms with Gasteiger partial charge in [0.2, 0.25) is 0 Å². The highest BCUT2D eigenvalue weighted by Gasteiger charge is 2.29. The first-order chi connectivity index (χ1) is 10.6. The first-order valence-corrected chi connectivity index (χ1v) is 7.98. The van der Waals surface area contributed by atoms with Crippen molar-refractivity contribution in [3.05, 3.63) is 29.8 Å². The number of hydrogen-bond acceptors (Lipinski definition) is 3. The molecule has 120 valence electrons. The molecule has 4 nitrogen and oxygen atoms in total. The predicted molar refractivity (Wildman–Crippen MR) is 84.0 cm³/mol. The second kappa shape index (κ2) is 7.97. The number of rotatable bonds is 7. The highest BCUT2D eigenvalue weighted by molar-refractivity contribution is 5.99. The van der Waals surface area contributed by atoms with Gasteiger partial charge < -0.3 is 9.84 Å². The van der Waals surface area contributed by atoms with E-state index >= 15 is 0 Å². The molecule has 1 N–H and O–H groups in total. The van der Waals surface area contributed by atoms with Crippen molar-refractivity contribution in [2.24, 2.45) is 11.8 Å². The number of methoxy groups -OCH3 is 1. The van der Waals surface area contributed by atoms with Crippen LogP contribution >= 0.6 is 0 Å². The molecule has 0 aromatic heterocycles. The summed E-state index contributed by atoms with van der Waals surface area (Å²) in [7, 11) is 1.59. The largest absolute Gasteiger partial charge is 0.497 e. The Balaban J connectivity index is 1.97.